The zero-order valence-electron chi connectivity index (χ0n) is 36.1. The van der Waals surface area contributed by atoms with Crippen LogP contribution in [-0.2, 0) is 44.2 Å². The van der Waals surface area contributed by atoms with E-state index in [0.29, 0.717) is 28.4 Å². The molecule has 0 spiro atoms. The number of pyridine rings is 1. The number of likely N-dealkylation sites (tertiary alicyclic amines) is 1. The summed E-state index contributed by atoms with van der Waals surface area (Å²) < 4.78 is 84.7. The van der Waals surface area contributed by atoms with Crippen molar-refractivity contribution in [3.05, 3.63) is 114 Å². The summed E-state index contributed by atoms with van der Waals surface area (Å²) in [6.45, 7) is 4.30. The molecule has 4 aromatic carbocycles. The molecule has 3 heterocycles. The van der Waals surface area contributed by atoms with Gasteiger partial charge < -0.3 is 35.3 Å². The number of carbonyl (C=O) groups is 1. The number of nitrogen functional groups attached to an aromatic ring is 2. The highest BCUT2D eigenvalue weighted by atomic mass is 32.2. The molecule has 1 amide bonds. The SMILES string of the molecule is COc1ccc(CN(Cc2ccc(OC)cc2)S(=O)(=O)c2c(S(=O)(=O)C3CN(C(=O)OC(C)(C)C)C3)ccc(-c3ccnc(N)c3N)c2-c2nnn(Cc3ccc(OC)cc3)n2)cc1. The molecule has 1 aliphatic rings. The van der Waals surface area contributed by atoms with E-state index < -0.39 is 46.6 Å². The summed E-state index contributed by atoms with van der Waals surface area (Å²) in [5.74, 6) is 1.48. The Morgan fingerprint density at radius 1 is 0.750 bits per heavy atom. The second kappa shape index (κ2) is 18.1. The number of nitrogens with two attached hydrogens (primary N) is 2. The molecule has 1 aliphatic heterocycles. The van der Waals surface area contributed by atoms with Gasteiger partial charge in [-0.3, -0.25) is 0 Å². The lowest BCUT2D eigenvalue weighted by Gasteiger charge is -2.39. The topological polar surface area (TPSA) is 237 Å². The zero-order valence-corrected chi connectivity index (χ0v) is 37.8. The number of sulfone groups is 1. The highest BCUT2D eigenvalue weighted by Gasteiger charge is 2.46. The molecule has 1 fully saturated rings. The van der Waals surface area contributed by atoms with Crippen LogP contribution in [-0.4, -0.2) is 103 Å². The third kappa shape index (κ3) is 9.58. The predicted molar refractivity (Wildman–Crippen MR) is 239 cm³/mol. The molecular formula is C44H49N9O9S2. The lowest BCUT2D eigenvalue weighted by atomic mass is 9.98. The largest absolute Gasteiger partial charge is 0.497 e. The molecule has 0 aliphatic carbocycles. The molecule has 4 N–H and O–H groups in total. The van der Waals surface area contributed by atoms with Crippen LogP contribution in [0, 0.1) is 0 Å². The maximum Gasteiger partial charge on any atom is 0.410 e. The van der Waals surface area contributed by atoms with Crippen LogP contribution in [0.1, 0.15) is 37.5 Å². The van der Waals surface area contributed by atoms with Crippen LogP contribution in [0.5, 0.6) is 17.2 Å². The fourth-order valence-electron chi connectivity index (χ4n) is 7.03. The van der Waals surface area contributed by atoms with Crippen LogP contribution in [0.3, 0.4) is 0 Å². The highest BCUT2D eigenvalue weighted by Crippen LogP contribution is 2.44. The molecule has 2 aromatic heterocycles. The number of carbonyl (C=O) groups excluding carboxylic acids is 1. The molecule has 6 aromatic rings. The van der Waals surface area contributed by atoms with Gasteiger partial charge >= 0.3 is 6.09 Å². The summed E-state index contributed by atoms with van der Waals surface area (Å²) >= 11 is 0. The van der Waals surface area contributed by atoms with Crippen molar-refractivity contribution in [3.8, 4) is 39.8 Å². The molecule has 0 atom stereocenters. The van der Waals surface area contributed by atoms with Crippen LogP contribution in [0.2, 0.25) is 0 Å². The molecule has 0 radical (unpaired) electrons. The van der Waals surface area contributed by atoms with E-state index in [2.05, 4.69) is 20.4 Å². The Morgan fingerprint density at radius 3 is 1.80 bits per heavy atom. The van der Waals surface area contributed by atoms with Gasteiger partial charge in [0.2, 0.25) is 15.8 Å². The van der Waals surface area contributed by atoms with Crippen LogP contribution in [0.15, 0.2) is 107 Å². The van der Waals surface area contributed by atoms with E-state index in [1.165, 1.54) is 52.6 Å². The van der Waals surface area contributed by atoms with E-state index in [4.69, 9.17) is 30.4 Å². The van der Waals surface area contributed by atoms with Crippen LogP contribution < -0.4 is 25.7 Å². The second-order valence-electron chi connectivity index (χ2n) is 16.0. The van der Waals surface area contributed by atoms with E-state index >= 15 is 16.8 Å². The third-order valence-electron chi connectivity index (χ3n) is 10.5. The van der Waals surface area contributed by atoms with Gasteiger partial charge in [-0.2, -0.15) is 9.10 Å². The number of hydrogen-bond acceptors (Lipinski definition) is 15. The fourth-order valence-corrected chi connectivity index (χ4v) is 11.1. The monoisotopic (exact) mass is 911 g/mol. The number of aromatic nitrogens is 5. The fraction of sp³-hybridized carbons (Fsp3) is 0.295. The van der Waals surface area contributed by atoms with Crippen molar-refractivity contribution in [3.63, 3.8) is 0 Å². The molecule has 0 saturated carbocycles. The minimum atomic E-state index is -4.94. The van der Waals surface area contributed by atoms with E-state index in [1.807, 2.05) is 12.1 Å². The summed E-state index contributed by atoms with van der Waals surface area (Å²) in [7, 11) is -4.92. The van der Waals surface area contributed by atoms with Gasteiger partial charge in [0.25, 0.3) is 0 Å². The van der Waals surface area contributed by atoms with Gasteiger partial charge in [-0.1, -0.05) is 42.5 Å². The van der Waals surface area contributed by atoms with Gasteiger partial charge in [0.1, 0.15) is 38.8 Å². The molecule has 0 unspecified atom stereocenters. The Morgan fingerprint density at radius 2 is 1.28 bits per heavy atom. The number of anilines is 2. The quantitative estimate of drug-likeness (QED) is 0.131. The maximum absolute atomic E-state index is 16.0. The number of amides is 1. The Labute approximate surface area is 371 Å². The number of benzene rings is 4. The number of rotatable bonds is 15. The Hall–Kier alpha value is -6.77. The first-order valence-electron chi connectivity index (χ1n) is 20.0. The second-order valence-corrected chi connectivity index (χ2v) is 20.1. The lowest BCUT2D eigenvalue weighted by molar-refractivity contribution is 0.0139. The summed E-state index contributed by atoms with van der Waals surface area (Å²) in [5, 5.41) is 12.1. The number of methoxy groups -OCH3 is 3. The standard InChI is InChI=1S/C44H49N9O9S2/c1-44(2,3)62-43(54)51-26-34(27-51)63(55,56)37-20-19-35(36-21-22-47-41(46)39(36)45)38(42-48-50-53(49-42)25-30-11-17-33(61-6)18-12-30)40(37)64(57,58)52(23-28-7-13-31(59-4)14-8-28)24-29-9-15-32(60-5)16-10-29/h7-22,34H,23-27,45H2,1-6H3,(H2,46,47). The van der Waals surface area contributed by atoms with E-state index in [-0.39, 0.29) is 66.7 Å². The van der Waals surface area contributed by atoms with Gasteiger partial charge in [-0.25, -0.2) is 26.6 Å². The lowest BCUT2D eigenvalue weighted by Crippen LogP contribution is -2.57. The molecule has 336 valence electrons. The zero-order chi connectivity index (χ0) is 46.0. The first-order valence-corrected chi connectivity index (χ1v) is 23.0. The molecule has 7 rings (SSSR count). The average Bonchev–Trinajstić information content (AvgIpc) is 3.71. The summed E-state index contributed by atoms with van der Waals surface area (Å²) in [4.78, 5) is 18.4. The van der Waals surface area contributed by atoms with E-state index in [9.17, 15) is 4.79 Å². The maximum atomic E-state index is 16.0. The number of sulfonamides is 1. The minimum Gasteiger partial charge on any atom is -0.497 e. The van der Waals surface area contributed by atoms with Crippen LogP contribution >= 0.6 is 0 Å². The van der Waals surface area contributed by atoms with Crippen molar-refractivity contribution in [2.45, 2.75) is 61.0 Å². The highest BCUT2D eigenvalue weighted by molar-refractivity contribution is 7.94. The van der Waals surface area contributed by atoms with Crippen molar-refractivity contribution in [1.29, 1.82) is 0 Å². The first kappa shape index (κ1) is 45.3. The van der Waals surface area contributed by atoms with E-state index in [1.54, 1.807) is 88.5 Å². The van der Waals surface area contributed by atoms with Crippen molar-refractivity contribution < 1.29 is 40.6 Å². The molecular weight excluding hydrogens is 863 g/mol. The van der Waals surface area contributed by atoms with Crippen LogP contribution in [0.4, 0.5) is 16.3 Å². The molecule has 18 nitrogen and oxygen atoms in total. The number of ether oxygens (including phenoxy) is 4. The predicted octanol–water partition coefficient (Wildman–Crippen LogP) is 5.42. The number of tetrazole rings is 1. The Bertz CT molecular complexity index is 2810. The van der Waals surface area contributed by atoms with E-state index in [0.717, 1.165) is 5.56 Å². The normalized spacial score (nSPS) is 13.4. The molecule has 1 saturated heterocycles. The molecule has 20 heteroatoms. The van der Waals surface area contributed by atoms with Crippen molar-refractivity contribution in [1.82, 2.24) is 34.4 Å². The van der Waals surface area contributed by atoms with Crippen molar-refractivity contribution in [2.24, 2.45) is 0 Å². The van der Waals surface area contributed by atoms with Crippen LogP contribution in [0.25, 0.3) is 22.5 Å². The average molecular weight is 912 g/mol. The summed E-state index contributed by atoms with van der Waals surface area (Å²) in [6, 6.07) is 25.0. The van der Waals surface area contributed by atoms with Crippen molar-refractivity contribution >= 4 is 37.5 Å². The Balaban J connectivity index is 1.46. The van der Waals surface area contributed by atoms with Gasteiger partial charge in [0.05, 0.1) is 44.0 Å². The first-order chi connectivity index (χ1) is 30.4. The summed E-state index contributed by atoms with van der Waals surface area (Å²) in [5.41, 5.74) is 14.0. The number of hydrogen-bond donors (Lipinski definition) is 2. The molecule has 0 bridgehead atoms. The minimum absolute atomic E-state index is 0.00801. The number of nitrogens with zero attached hydrogens (tertiary/aromatic N) is 7. The van der Waals surface area contributed by atoms with Gasteiger partial charge in [-0.15, -0.1) is 10.2 Å². The summed E-state index contributed by atoms with van der Waals surface area (Å²) in [6.07, 6.45) is 0.702. The molecule has 64 heavy (non-hydrogen) atoms. The van der Waals surface area contributed by atoms with Gasteiger partial charge in [0.15, 0.2) is 9.84 Å². The van der Waals surface area contributed by atoms with Crippen molar-refractivity contribution in [2.75, 3.05) is 45.9 Å². The smallest absolute Gasteiger partial charge is 0.410 e. The third-order valence-corrected chi connectivity index (χ3v) is 14.6. The van der Waals surface area contributed by atoms with Gasteiger partial charge in [0, 0.05) is 37.9 Å². The Kier molecular flexibility index (Phi) is 12.8. The van der Waals surface area contributed by atoms with Gasteiger partial charge in [-0.05, 0) is 96.8 Å².